The molecule has 0 aliphatic heterocycles. The number of hydrogen-bond acceptors (Lipinski definition) is 4. The van der Waals surface area contributed by atoms with E-state index in [1.54, 1.807) is 38.5 Å². The number of hydrogen-bond donors (Lipinski definition) is 2. The van der Waals surface area contributed by atoms with Crippen molar-refractivity contribution in [1.82, 2.24) is 0 Å². The summed E-state index contributed by atoms with van der Waals surface area (Å²) in [6.07, 6.45) is -0.131. The Kier molecular flexibility index (Phi) is 9.23. The molecular formula is C28H26Cl2O4. The highest BCUT2D eigenvalue weighted by atomic mass is 35.5. The smallest absolute Gasteiger partial charge is 0.122 e. The number of phenols is 1. The number of methoxy groups -OCH3 is 2. The first kappa shape index (κ1) is 25.4. The van der Waals surface area contributed by atoms with Gasteiger partial charge in [-0.3, -0.25) is 0 Å². The van der Waals surface area contributed by atoms with Crippen molar-refractivity contribution in [3.8, 4) is 17.2 Å². The zero-order valence-corrected chi connectivity index (χ0v) is 20.4. The van der Waals surface area contributed by atoms with Crippen LogP contribution in [0.5, 0.6) is 17.2 Å². The van der Waals surface area contributed by atoms with E-state index in [1.165, 1.54) is 6.07 Å². The summed E-state index contributed by atoms with van der Waals surface area (Å²) in [6.45, 7) is 0. The van der Waals surface area contributed by atoms with Gasteiger partial charge in [-0.15, -0.1) is 0 Å². The second-order valence-corrected chi connectivity index (χ2v) is 8.33. The molecule has 34 heavy (non-hydrogen) atoms. The Bertz CT molecular complexity index is 1210. The number of phenolic OH excluding ortho intramolecular Hbond substituents is 1. The van der Waals surface area contributed by atoms with Crippen LogP contribution in [0.2, 0.25) is 10.0 Å². The van der Waals surface area contributed by atoms with E-state index in [0.29, 0.717) is 15.6 Å². The average Bonchev–Trinajstić information content (AvgIpc) is 2.86. The van der Waals surface area contributed by atoms with Gasteiger partial charge in [0.15, 0.2) is 0 Å². The third kappa shape index (κ3) is 6.67. The van der Waals surface area contributed by atoms with Gasteiger partial charge in [0.1, 0.15) is 23.4 Å². The average molecular weight is 497 g/mol. The summed E-state index contributed by atoms with van der Waals surface area (Å²) >= 11 is 11.9. The standard InChI is InChI=1S/C15H15ClO2.C13H11ClO2/c1-17-14-6-4-3-5-11(14)9-12-10-13(16)7-8-15(12)18-2;14-10-6-7-12(15)11(8-10)13(16)9-4-2-1-3-5-9/h3-8,10H,9H2,1-2H3;1-8,13,15-16H. The largest absolute Gasteiger partial charge is 0.508 e. The van der Waals surface area contributed by atoms with E-state index in [2.05, 4.69) is 0 Å². The third-order valence-electron chi connectivity index (χ3n) is 5.22. The first-order valence-corrected chi connectivity index (χ1v) is 11.3. The monoisotopic (exact) mass is 496 g/mol. The number of benzene rings is 4. The van der Waals surface area contributed by atoms with Crippen LogP contribution in [0.3, 0.4) is 0 Å². The van der Waals surface area contributed by atoms with E-state index < -0.39 is 6.10 Å². The van der Waals surface area contributed by atoms with E-state index >= 15 is 0 Å². The topological polar surface area (TPSA) is 58.9 Å². The highest BCUT2D eigenvalue weighted by Gasteiger charge is 2.14. The zero-order chi connectivity index (χ0) is 24.5. The lowest BCUT2D eigenvalue weighted by atomic mass is 10.0. The Hall–Kier alpha value is -3.18. The number of rotatable bonds is 6. The van der Waals surface area contributed by atoms with Gasteiger partial charge in [-0.1, -0.05) is 71.7 Å². The lowest BCUT2D eigenvalue weighted by molar-refractivity contribution is 0.215. The summed E-state index contributed by atoms with van der Waals surface area (Å²) in [6, 6.07) is 27.3. The van der Waals surface area contributed by atoms with Crippen molar-refractivity contribution in [2.24, 2.45) is 0 Å². The maximum Gasteiger partial charge on any atom is 0.122 e. The van der Waals surface area contributed by atoms with Crippen LogP contribution >= 0.6 is 23.2 Å². The second kappa shape index (κ2) is 12.3. The summed E-state index contributed by atoms with van der Waals surface area (Å²) in [5.41, 5.74) is 3.30. The van der Waals surface area contributed by atoms with Crippen molar-refractivity contribution in [2.75, 3.05) is 14.2 Å². The van der Waals surface area contributed by atoms with Gasteiger partial charge in [0.25, 0.3) is 0 Å². The lowest BCUT2D eigenvalue weighted by Crippen LogP contribution is -1.99. The molecule has 0 radical (unpaired) electrons. The summed E-state index contributed by atoms with van der Waals surface area (Å²) in [5, 5.41) is 20.9. The number of ether oxygens (including phenoxy) is 2. The summed E-state index contributed by atoms with van der Waals surface area (Å²) in [5.74, 6) is 1.76. The molecule has 4 nitrogen and oxygen atoms in total. The Balaban J connectivity index is 0.000000192. The highest BCUT2D eigenvalue weighted by molar-refractivity contribution is 6.31. The molecule has 0 aromatic heterocycles. The van der Waals surface area contributed by atoms with E-state index in [1.807, 2.05) is 60.7 Å². The van der Waals surface area contributed by atoms with Crippen LogP contribution in [-0.2, 0) is 6.42 Å². The van der Waals surface area contributed by atoms with Crippen LogP contribution in [0, 0.1) is 0 Å². The molecule has 1 unspecified atom stereocenters. The Labute approximate surface area is 209 Å². The molecule has 0 spiro atoms. The van der Waals surface area contributed by atoms with Gasteiger partial charge in [0.2, 0.25) is 0 Å². The molecular weight excluding hydrogens is 471 g/mol. The van der Waals surface area contributed by atoms with Crippen molar-refractivity contribution in [3.05, 3.63) is 123 Å². The molecule has 1 atom stereocenters. The molecule has 4 rings (SSSR count). The molecule has 0 aliphatic carbocycles. The van der Waals surface area contributed by atoms with Gasteiger partial charge in [0.05, 0.1) is 14.2 Å². The van der Waals surface area contributed by atoms with Crippen molar-refractivity contribution < 1.29 is 19.7 Å². The first-order valence-electron chi connectivity index (χ1n) is 10.6. The maximum atomic E-state index is 10.1. The van der Waals surface area contributed by atoms with Gasteiger partial charge in [-0.25, -0.2) is 0 Å². The Morgan fingerprint density at radius 1 is 0.706 bits per heavy atom. The first-order chi connectivity index (χ1) is 16.4. The van der Waals surface area contributed by atoms with Gasteiger partial charge in [0, 0.05) is 27.6 Å². The van der Waals surface area contributed by atoms with Crippen LogP contribution in [0.25, 0.3) is 0 Å². The normalized spacial score (nSPS) is 11.2. The predicted molar refractivity (Wildman–Crippen MR) is 137 cm³/mol. The van der Waals surface area contributed by atoms with E-state index in [9.17, 15) is 10.2 Å². The van der Waals surface area contributed by atoms with Crippen LogP contribution in [-0.4, -0.2) is 24.4 Å². The molecule has 4 aromatic rings. The highest BCUT2D eigenvalue weighted by Crippen LogP contribution is 2.31. The number of aliphatic hydroxyl groups excluding tert-OH is 1. The minimum absolute atomic E-state index is 0.0424. The quantitative estimate of drug-likeness (QED) is 0.299. The van der Waals surface area contributed by atoms with Crippen molar-refractivity contribution in [2.45, 2.75) is 12.5 Å². The van der Waals surface area contributed by atoms with Crippen LogP contribution in [0.4, 0.5) is 0 Å². The fraction of sp³-hybridized carbons (Fsp3) is 0.143. The molecule has 0 saturated carbocycles. The van der Waals surface area contributed by atoms with E-state index in [0.717, 1.165) is 34.6 Å². The Morgan fingerprint density at radius 3 is 2.00 bits per heavy atom. The molecule has 0 saturated heterocycles. The number of aromatic hydroxyl groups is 1. The fourth-order valence-corrected chi connectivity index (χ4v) is 3.87. The SMILES string of the molecule is COc1ccccc1Cc1cc(Cl)ccc1OC.Oc1ccc(Cl)cc1C(O)c1ccccc1. The molecule has 2 N–H and O–H groups in total. The summed E-state index contributed by atoms with van der Waals surface area (Å²) in [7, 11) is 3.34. The minimum Gasteiger partial charge on any atom is -0.508 e. The lowest BCUT2D eigenvalue weighted by Gasteiger charge is -2.13. The maximum absolute atomic E-state index is 10.1. The second-order valence-electron chi connectivity index (χ2n) is 7.46. The molecule has 0 aliphatic rings. The van der Waals surface area contributed by atoms with Gasteiger partial charge in [-0.2, -0.15) is 0 Å². The molecule has 176 valence electrons. The Morgan fingerprint density at radius 2 is 1.29 bits per heavy atom. The molecule has 0 heterocycles. The zero-order valence-electron chi connectivity index (χ0n) is 18.9. The van der Waals surface area contributed by atoms with Crippen molar-refractivity contribution in [1.29, 1.82) is 0 Å². The van der Waals surface area contributed by atoms with Gasteiger partial charge < -0.3 is 19.7 Å². The third-order valence-corrected chi connectivity index (χ3v) is 5.69. The van der Waals surface area contributed by atoms with Crippen LogP contribution < -0.4 is 9.47 Å². The number of para-hydroxylation sites is 1. The fourth-order valence-electron chi connectivity index (χ4n) is 3.50. The molecule has 0 bridgehead atoms. The van der Waals surface area contributed by atoms with Gasteiger partial charge in [-0.05, 0) is 53.6 Å². The number of aliphatic hydroxyl groups is 1. The summed E-state index contributed by atoms with van der Waals surface area (Å²) in [4.78, 5) is 0. The predicted octanol–water partition coefficient (Wildman–Crippen LogP) is 7.08. The van der Waals surface area contributed by atoms with E-state index in [-0.39, 0.29) is 5.75 Å². The molecule has 0 amide bonds. The minimum atomic E-state index is -0.861. The van der Waals surface area contributed by atoms with Crippen molar-refractivity contribution in [3.63, 3.8) is 0 Å². The van der Waals surface area contributed by atoms with Crippen LogP contribution in [0.1, 0.15) is 28.4 Å². The van der Waals surface area contributed by atoms with Crippen molar-refractivity contribution >= 4 is 23.2 Å². The molecule has 4 aromatic carbocycles. The summed E-state index contributed by atoms with van der Waals surface area (Å²) < 4.78 is 10.7. The molecule has 0 fully saturated rings. The van der Waals surface area contributed by atoms with Gasteiger partial charge >= 0.3 is 0 Å². The molecule has 6 heteroatoms. The van der Waals surface area contributed by atoms with Crippen LogP contribution in [0.15, 0.2) is 91.0 Å². The number of halogens is 2. The van der Waals surface area contributed by atoms with E-state index in [4.69, 9.17) is 32.7 Å².